The quantitative estimate of drug-likeness (QED) is 0.461. The number of benzene rings is 1. The molecule has 0 aliphatic carbocycles. The number of nitrogens with zero attached hydrogens (tertiary/aromatic N) is 5. The van der Waals surface area contributed by atoms with Crippen molar-refractivity contribution in [3.05, 3.63) is 48.2 Å². The Labute approximate surface area is 166 Å². The van der Waals surface area contributed by atoms with Crippen LogP contribution in [0.4, 0.5) is 4.39 Å². The van der Waals surface area contributed by atoms with Gasteiger partial charge in [-0.25, -0.2) is 9.37 Å². The molecule has 148 valence electrons. The Morgan fingerprint density at radius 1 is 1.17 bits per heavy atom. The first kappa shape index (κ1) is 18.7. The number of tetrazole rings is 1. The fourth-order valence-electron chi connectivity index (χ4n) is 3.00. The summed E-state index contributed by atoms with van der Waals surface area (Å²) in [6.45, 7) is 4.45. The summed E-state index contributed by atoms with van der Waals surface area (Å²) < 4.78 is 19.7. The van der Waals surface area contributed by atoms with Gasteiger partial charge in [0.05, 0.1) is 18.0 Å². The Morgan fingerprint density at radius 2 is 2.07 bits per heavy atom. The van der Waals surface area contributed by atoms with Crippen molar-refractivity contribution in [2.24, 2.45) is 0 Å². The van der Waals surface area contributed by atoms with Crippen LogP contribution in [0.25, 0.3) is 34.0 Å². The number of rotatable bonds is 7. The Kier molecular flexibility index (Phi) is 5.28. The fraction of sp³-hybridized carbons (Fsp3) is 0.250. The number of nitrogens with one attached hydrogen (secondary N) is 2. The first-order chi connectivity index (χ1) is 14.2. The van der Waals surface area contributed by atoms with E-state index in [1.54, 1.807) is 18.3 Å². The van der Waals surface area contributed by atoms with Gasteiger partial charge in [0.1, 0.15) is 23.1 Å². The summed E-state index contributed by atoms with van der Waals surface area (Å²) in [4.78, 5) is 12.3. The van der Waals surface area contributed by atoms with Crippen molar-refractivity contribution < 1.29 is 9.13 Å². The standard InChI is InChI=1S/C20H20FN7O/c1-3-4-9-29-17-11-14(21)5-6-15(17)18-19(24-12(2)23-18)16-10-13(7-8-22-16)20-25-27-28-26-20/h5-8,10-11H,3-4,9H2,1-2H3,(H,23,24)(H,25,26,27,28). The van der Waals surface area contributed by atoms with Gasteiger partial charge in [0.15, 0.2) is 0 Å². The zero-order valence-corrected chi connectivity index (χ0v) is 16.1. The third-order valence-electron chi connectivity index (χ3n) is 4.40. The molecular formula is C20H20FN7O. The molecule has 0 aliphatic heterocycles. The summed E-state index contributed by atoms with van der Waals surface area (Å²) in [5.41, 5.74) is 3.47. The van der Waals surface area contributed by atoms with Crippen LogP contribution in [0.2, 0.25) is 0 Å². The van der Waals surface area contributed by atoms with Crippen molar-refractivity contribution >= 4 is 0 Å². The van der Waals surface area contributed by atoms with Crippen LogP contribution in [0.5, 0.6) is 5.75 Å². The Morgan fingerprint density at radius 3 is 2.86 bits per heavy atom. The topological polar surface area (TPSA) is 105 Å². The Hall–Kier alpha value is -3.62. The molecule has 0 spiro atoms. The number of aromatic amines is 2. The highest BCUT2D eigenvalue weighted by atomic mass is 19.1. The van der Waals surface area contributed by atoms with E-state index in [9.17, 15) is 4.39 Å². The lowest BCUT2D eigenvalue weighted by atomic mass is 10.1. The third kappa shape index (κ3) is 3.98. The first-order valence-corrected chi connectivity index (χ1v) is 9.35. The number of H-pyrrole nitrogens is 2. The molecule has 9 heteroatoms. The predicted molar refractivity (Wildman–Crippen MR) is 106 cm³/mol. The van der Waals surface area contributed by atoms with Crippen LogP contribution >= 0.6 is 0 Å². The van der Waals surface area contributed by atoms with Crippen LogP contribution in [0.1, 0.15) is 25.6 Å². The number of aromatic nitrogens is 7. The number of ether oxygens (including phenoxy) is 1. The number of halogens is 1. The van der Waals surface area contributed by atoms with Crippen molar-refractivity contribution in [1.29, 1.82) is 0 Å². The van der Waals surface area contributed by atoms with Crippen molar-refractivity contribution in [2.45, 2.75) is 26.7 Å². The molecule has 0 atom stereocenters. The van der Waals surface area contributed by atoms with Gasteiger partial charge in [-0.15, -0.1) is 10.2 Å². The largest absolute Gasteiger partial charge is 0.493 e. The lowest BCUT2D eigenvalue weighted by Crippen LogP contribution is -1.99. The van der Waals surface area contributed by atoms with Crippen LogP contribution in [0.3, 0.4) is 0 Å². The lowest BCUT2D eigenvalue weighted by Gasteiger charge is -2.12. The molecule has 29 heavy (non-hydrogen) atoms. The molecule has 2 N–H and O–H groups in total. The van der Waals surface area contributed by atoms with Gasteiger partial charge in [-0.05, 0) is 42.8 Å². The SMILES string of the molecule is CCCCOc1cc(F)ccc1-c1[nH]c(C)nc1-c1cc(-c2nn[nH]n2)ccn1. The number of unbranched alkanes of at least 4 members (excludes halogenated alkanes) is 1. The summed E-state index contributed by atoms with van der Waals surface area (Å²) in [7, 11) is 0. The second-order valence-electron chi connectivity index (χ2n) is 6.55. The average Bonchev–Trinajstić information content (AvgIpc) is 3.38. The third-order valence-corrected chi connectivity index (χ3v) is 4.40. The molecule has 4 aromatic rings. The molecular weight excluding hydrogens is 373 g/mol. The predicted octanol–water partition coefficient (Wildman–Crippen LogP) is 3.95. The van der Waals surface area contributed by atoms with Gasteiger partial charge in [-0.2, -0.15) is 5.21 Å². The van der Waals surface area contributed by atoms with E-state index in [0.29, 0.717) is 41.1 Å². The van der Waals surface area contributed by atoms with E-state index in [2.05, 4.69) is 42.5 Å². The van der Waals surface area contributed by atoms with Gasteiger partial charge < -0.3 is 9.72 Å². The Bertz CT molecular complexity index is 1110. The Balaban J connectivity index is 1.78. The fourth-order valence-corrected chi connectivity index (χ4v) is 3.00. The smallest absolute Gasteiger partial charge is 0.204 e. The molecule has 0 amide bonds. The summed E-state index contributed by atoms with van der Waals surface area (Å²) in [5.74, 6) is 1.30. The van der Waals surface area contributed by atoms with Crippen molar-refractivity contribution in [3.8, 4) is 39.8 Å². The number of pyridine rings is 1. The van der Waals surface area contributed by atoms with E-state index in [1.807, 2.05) is 13.0 Å². The van der Waals surface area contributed by atoms with Crippen molar-refractivity contribution in [1.82, 2.24) is 35.6 Å². The van der Waals surface area contributed by atoms with Crippen LogP contribution in [0.15, 0.2) is 36.5 Å². The lowest BCUT2D eigenvalue weighted by molar-refractivity contribution is 0.309. The van der Waals surface area contributed by atoms with Crippen molar-refractivity contribution in [3.63, 3.8) is 0 Å². The molecule has 4 rings (SSSR count). The maximum Gasteiger partial charge on any atom is 0.204 e. The number of hydrogen-bond acceptors (Lipinski definition) is 6. The van der Waals surface area contributed by atoms with Crippen LogP contribution in [-0.4, -0.2) is 42.2 Å². The van der Waals surface area contributed by atoms with E-state index in [1.165, 1.54) is 12.1 Å². The second-order valence-corrected chi connectivity index (χ2v) is 6.55. The molecule has 8 nitrogen and oxygen atoms in total. The van der Waals surface area contributed by atoms with Crippen molar-refractivity contribution in [2.75, 3.05) is 6.61 Å². The minimum Gasteiger partial charge on any atom is -0.493 e. The van der Waals surface area contributed by atoms with E-state index in [4.69, 9.17) is 4.74 Å². The molecule has 0 saturated heterocycles. The average molecular weight is 393 g/mol. The number of imidazole rings is 1. The maximum atomic E-state index is 13.9. The molecule has 0 bridgehead atoms. The molecule has 0 saturated carbocycles. The van der Waals surface area contributed by atoms with Gasteiger partial charge >= 0.3 is 0 Å². The molecule has 0 unspecified atom stereocenters. The van der Waals surface area contributed by atoms with Crippen LogP contribution < -0.4 is 4.74 Å². The number of hydrogen-bond donors (Lipinski definition) is 2. The van der Waals surface area contributed by atoms with Gasteiger partial charge in [-0.1, -0.05) is 13.3 Å². The van der Waals surface area contributed by atoms with Gasteiger partial charge in [0.2, 0.25) is 5.82 Å². The minimum atomic E-state index is -0.352. The second kappa shape index (κ2) is 8.17. The summed E-state index contributed by atoms with van der Waals surface area (Å²) in [5, 5.41) is 14.1. The first-order valence-electron chi connectivity index (χ1n) is 9.35. The molecule has 0 radical (unpaired) electrons. The van der Waals surface area contributed by atoms with Gasteiger partial charge in [0, 0.05) is 23.4 Å². The minimum absolute atomic E-state index is 0.352. The molecule has 1 aromatic carbocycles. The molecule has 0 aliphatic rings. The molecule has 3 aromatic heterocycles. The summed E-state index contributed by atoms with van der Waals surface area (Å²) in [6.07, 6.45) is 3.54. The van der Waals surface area contributed by atoms with Gasteiger partial charge in [-0.3, -0.25) is 4.98 Å². The zero-order valence-electron chi connectivity index (χ0n) is 16.1. The maximum absolute atomic E-state index is 13.9. The zero-order chi connectivity index (χ0) is 20.2. The monoisotopic (exact) mass is 393 g/mol. The number of aryl methyl sites for hydroxylation is 1. The summed E-state index contributed by atoms with van der Waals surface area (Å²) >= 11 is 0. The highest BCUT2D eigenvalue weighted by Crippen LogP contribution is 2.36. The highest BCUT2D eigenvalue weighted by Gasteiger charge is 2.19. The van der Waals surface area contributed by atoms with Crippen LogP contribution in [-0.2, 0) is 0 Å². The normalized spacial score (nSPS) is 11.0. The molecule has 0 fully saturated rings. The van der Waals surface area contributed by atoms with E-state index < -0.39 is 0 Å². The van der Waals surface area contributed by atoms with E-state index in [-0.39, 0.29) is 5.82 Å². The van der Waals surface area contributed by atoms with E-state index in [0.717, 1.165) is 24.0 Å². The van der Waals surface area contributed by atoms with Gasteiger partial charge in [0.25, 0.3) is 0 Å². The van der Waals surface area contributed by atoms with Crippen LogP contribution in [0, 0.1) is 12.7 Å². The highest BCUT2D eigenvalue weighted by molar-refractivity contribution is 5.81. The van der Waals surface area contributed by atoms with E-state index >= 15 is 0 Å². The summed E-state index contributed by atoms with van der Waals surface area (Å²) in [6, 6.07) is 8.13. The molecule has 3 heterocycles.